The second-order valence-electron chi connectivity index (χ2n) is 7.76. The quantitative estimate of drug-likeness (QED) is 0.643. The van der Waals surface area contributed by atoms with Crippen LogP contribution in [0.2, 0.25) is 25.7 Å². The van der Waals surface area contributed by atoms with Crippen LogP contribution in [-0.4, -0.2) is 41.9 Å². The molecule has 0 bridgehead atoms. The third kappa shape index (κ3) is 3.79. The Balaban J connectivity index is 1.85. The maximum Gasteiger partial charge on any atom is 0.332 e. The lowest BCUT2D eigenvalue weighted by atomic mass is 10.1. The van der Waals surface area contributed by atoms with Crippen molar-refractivity contribution in [1.29, 1.82) is 0 Å². The van der Waals surface area contributed by atoms with Crippen LogP contribution >= 0.6 is 0 Å². The van der Waals surface area contributed by atoms with Gasteiger partial charge in [0.1, 0.15) is 6.73 Å². The number of nitrogens with one attached hydrogen (secondary N) is 1. The number of hydrogen-bond donors (Lipinski definition) is 1. The molecule has 24 heavy (non-hydrogen) atoms. The molecule has 3 heterocycles. The van der Waals surface area contributed by atoms with E-state index in [9.17, 15) is 4.79 Å². The Hall–Kier alpha value is -1.44. The number of fused-ring (bicyclic) bond motifs is 1. The van der Waals surface area contributed by atoms with E-state index < -0.39 is 8.07 Å². The van der Waals surface area contributed by atoms with Gasteiger partial charge in [0.25, 0.3) is 0 Å². The third-order valence-corrected chi connectivity index (χ3v) is 6.31. The first-order chi connectivity index (χ1) is 11.5. The number of pyridine rings is 1. The van der Waals surface area contributed by atoms with Crippen molar-refractivity contribution < 1.29 is 4.74 Å². The van der Waals surface area contributed by atoms with E-state index in [-0.39, 0.29) is 18.5 Å². The SMILES string of the molecule is C[Si](C)(C)CCOCn1c(=O)n(C2CCNCC2)c2cccnc21. The molecule has 2 aromatic rings. The topological polar surface area (TPSA) is 61.1 Å². The molecule has 0 amide bonds. The summed E-state index contributed by atoms with van der Waals surface area (Å²) >= 11 is 0. The summed E-state index contributed by atoms with van der Waals surface area (Å²) in [5.41, 5.74) is 1.65. The number of imidazole rings is 1. The van der Waals surface area contributed by atoms with Crippen LogP contribution in [0, 0.1) is 0 Å². The van der Waals surface area contributed by atoms with Crippen LogP contribution in [0.1, 0.15) is 18.9 Å². The van der Waals surface area contributed by atoms with Crippen LogP contribution in [-0.2, 0) is 11.5 Å². The summed E-state index contributed by atoms with van der Waals surface area (Å²) in [4.78, 5) is 17.4. The van der Waals surface area contributed by atoms with Gasteiger partial charge in [0.05, 0.1) is 5.52 Å². The molecule has 0 atom stereocenters. The highest BCUT2D eigenvalue weighted by Gasteiger charge is 2.22. The molecule has 7 heteroatoms. The first kappa shape index (κ1) is 17.4. The Morgan fingerprint density at radius 2 is 2.08 bits per heavy atom. The molecule has 0 aliphatic carbocycles. The summed E-state index contributed by atoms with van der Waals surface area (Å²) < 4.78 is 9.42. The van der Waals surface area contributed by atoms with Gasteiger partial charge >= 0.3 is 5.69 Å². The highest BCUT2D eigenvalue weighted by Crippen LogP contribution is 2.22. The normalized spacial score (nSPS) is 16.8. The lowest BCUT2D eigenvalue weighted by Gasteiger charge is -2.23. The van der Waals surface area contributed by atoms with Gasteiger partial charge in [-0.15, -0.1) is 0 Å². The third-order valence-electron chi connectivity index (χ3n) is 4.61. The fourth-order valence-electron chi connectivity index (χ4n) is 3.18. The number of piperidine rings is 1. The van der Waals surface area contributed by atoms with Gasteiger partial charge in [-0.05, 0) is 44.1 Å². The van der Waals surface area contributed by atoms with E-state index in [1.807, 2.05) is 16.7 Å². The van der Waals surface area contributed by atoms with Gasteiger partial charge in [0.2, 0.25) is 0 Å². The van der Waals surface area contributed by atoms with E-state index in [1.165, 1.54) is 0 Å². The minimum Gasteiger partial charge on any atom is -0.361 e. The molecule has 0 saturated carbocycles. The minimum absolute atomic E-state index is 0.00334. The monoisotopic (exact) mass is 348 g/mol. The van der Waals surface area contributed by atoms with E-state index in [0.717, 1.165) is 43.1 Å². The van der Waals surface area contributed by atoms with Crippen molar-refractivity contribution in [2.45, 2.75) is 51.3 Å². The molecule has 1 fully saturated rings. The molecular formula is C17H28N4O2Si. The molecule has 132 valence electrons. The summed E-state index contributed by atoms with van der Waals surface area (Å²) in [6.07, 6.45) is 3.70. The first-order valence-electron chi connectivity index (χ1n) is 8.81. The van der Waals surface area contributed by atoms with E-state index in [0.29, 0.717) is 6.61 Å². The van der Waals surface area contributed by atoms with Gasteiger partial charge in [0.15, 0.2) is 5.65 Å². The maximum atomic E-state index is 13.0. The number of nitrogens with zero attached hydrogens (tertiary/aromatic N) is 3. The number of hydrogen-bond acceptors (Lipinski definition) is 4. The molecule has 6 nitrogen and oxygen atoms in total. The Labute approximate surface area is 143 Å². The van der Waals surface area contributed by atoms with Crippen LogP contribution in [0.5, 0.6) is 0 Å². The van der Waals surface area contributed by atoms with Crippen molar-refractivity contribution in [3.63, 3.8) is 0 Å². The maximum absolute atomic E-state index is 13.0. The second kappa shape index (κ2) is 7.21. The fraction of sp³-hybridized carbons (Fsp3) is 0.647. The summed E-state index contributed by atoms with van der Waals surface area (Å²) in [6.45, 7) is 9.88. The van der Waals surface area contributed by atoms with Crippen molar-refractivity contribution in [2.24, 2.45) is 0 Å². The number of rotatable bonds is 6. The molecule has 0 unspecified atom stereocenters. The van der Waals surface area contributed by atoms with Gasteiger partial charge in [-0.2, -0.15) is 0 Å². The zero-order valence-corrected chi connectivity index (χ0v) is 15.9. The van der Waals surface area contributed by atoms with Crippen LogP contribution < -0.4 is 11.0 Å². The van der Waals surface area contributed by atoms with Gasteiger partial charge in [-0.25, -0.2) is 9.78 Å². The highest BCUT2D eigenvalue weighted by molar-refractivity contribution is 6.76. The lowest BCUT2D eigenvalue weighted by molar-refractivity contribution is 0.0864. The molecular weight excluding hydrogens is 320 g/mol. The number of ether oxygens (including phenoxy) is 1. The van der Waals surface area contributed by atoms with E-state index in [1.54, 1.807) is 10.8 Å². The molecule has 1 saturated heterocycles. The van der Waals surface area contributed by atoms with Gasteiger partial charge < -0.3 is 10.1 Å². The standard InChI is InChI=1S/C17H28N4O2Si/c1-24(2,3)12-11-23-13-20-16-15(5-4-8-19-16)21(17(20)22)14-6-9-18-10-7-14/h4-5,8,14,18H,6-7,9-13H2,1-3H3. The van der Waals surface area contributed by atoms with Crippen molar-refractivity contribution in [3.05, 3.63) is 28.8 Å². The highest BCUT2D eigenvalue weighted by atomic mass is 28.3. The van der Waals surface area contributed by atoms with Crippen molar-refractivity contribution in [1.82, 2.24) is 19.4 Å². The zero-order chi connectivity index (χ0) is 17.2. The zero-order valence-electron chi connectivity index (χ0n) is 14.9. The molecule has 0 aromatic carbocycles. The molecule has 1 aliphatic heterocycles. The molecule has 2 aromatic heterocycles. The molecule has 1 aliphatic rings. The molecule has 0 spiro atoms. The van der Waals surface area contributed by atoms with E-state index >= 15 is 0 Å². The fourth-order valence-corrected chi connectivity index (χ4v) is 3.93. The van der Waals surface area contributed by atoms with Crippen LogP contribution in [0.3, 0.4) is 0 Å². The average Bonchev–Trinajstić information content (AvgIpc) is 2.83. The second-order valence-corrected chi connectivity index (χ2v) is 13.4. The van der Waals surface area contributed by atoms with Crippen molar-refractivity contribution in [3.8, 4) is 0 Å². The Morgan fingerprint density at radius 3 is 2.79 bits per heavy atom. The molecule has 0 radical (unpaired) electrons. The molecule has 3 rings (SSSR count). The predicted molar refractivity (Wildman–Crippen MR) is 99.2 cm³/mol. The summed E-state index contributed by atoms with van der Waals surface area (Å²) in [5, 5.41) is 3.36. The van der Waals surface area contributed by atoms with Gasteiger partial charge in [-0.1, -0.05) is 19.6 Å². The lowest BCUT2D eigenvalue weighted by Crippen LogP contribution is -2.35. The Bertz CT molecular complexity index is 741. The summed E-state index contributed by atoms with van der Waals surface area (Å²) in [5.74, 6) is 0. The van der Waals surface area contributed by atoms with Crippen LogP contribution in [0.4, 0.5) is 0 Å². The van der Waals surface area contributed by atoms with Gasteiger partial charge in [0, 0.05) is 26.9 Å². The summed E-state index contributed by atoms with van der Waals surface area (Å²) in [6, 6.07) is 5.23. The van der Waals surface area contributed by atoms with Crippen molar-refractivity contribution in [2.75, 3.05) is 19.7 Å². The smallest absolute Gasteiger partial charge is 0.332 e. The van der Waals surface area contributed by atoms with Gasteiger partial charge in [-0.3, -0.25) is 9.13 Å². The average molecular weight is 349 g/mol. The largest absolute Gasteiger partial charge is 0.361 e. The number of aromatic nitrogens is 3. The predicted octanol–water partition coefficient (Wildman–Crippen LogP) is 2.43. The van der Waals surface area contributed by atoms with Crippen molar-refractivity contribution >= 4 is 19.2 Å². The molecule has 1 N–H and O–H groups in total. The minimum atomic E-state index is -1.12. The Morgan fingerprint density at radius 1 is 1.33 bits per heavy atom. The summed E-state index contributed by atoms with van der Waals surface area (Å²) in [7, 11) is -1.12. The first-order valence-corrected chi connectivity index (χ1v) is 12.5. The Kier molecular flexibility index (Phi) is 5.22. The van der Waals surface area contributed by atoms with Crippen LogP contribution in [0.25, 0.3) is 11.2 Å². The van der Waals surface area contributed by atoms with Crippen LogP contribution in [0.15, 0.2) is 23.1 Å². The van der Waals surface area contributed by atoms with E-state index in [4.69, 9.17) is 4.74 Å². The van der Waals surface area contributed by atoms with E-state index in [2.05, 4.69) is 29.9 Å².